The van der Waals surface area contributed by atoms with Gasteiger partial charge < -0.3 is 19.3 Å². The molecule has 0 unspecified atom stereocenters. The number of ether oxygens (including phenoxy) is 2. The van der Waals surface area contributed by atoms with E-state index in [1.54, 1.807) is 0 Å². The number of nitrogens with one attached hydrogen (secondary N) is 1. The Balaban J connectivity index is 1.63. The van der Waals surface area contributed by atoms with Crippen LogP contribution in [0.3, 0.4) is 0 Å². The minimum absolute atomic E-state index is 0.481. The second-order valence-corrected chi connectivity index (χ2v) is 6.89. The van der Waals surface area contributed by atoms with E-state index in [0.717, 1.165) is 31.2 Å². The number of hydrogen-bond acceptors (Lipinski definition) is 11. The lowest BCUT2D eigenvalue weighted by Gasteiger charge is -2.30. The fraction of sp³-hybridized carbons (Fsp3) is 0.643. The molecule has 134 valence electrons. The minimum Gasteiger partial charge on any atom is -0.378 e. The normalized spacial score (nSPS) is 18.4. The summed E-state index contributed by atoms with van der Waals surface area (Å²) in [5.41, 5.74) is 0. The van der Waals surface area contributed by atoms with Crippen LogP contribution in [0.5, 0.6) is 0 Å². The molecule has 0 bridgehead atoms. The maximum atomic E-state index is 5.42. The Labute approximate surface area is 149 Å². The highest BCUT2D eigenvalue weighted by atomic mass is 32.1. The minimum atomic E-state index is 0.481. The maximum absolute atomic E-state index is 5.42. The van der Waals surface area contributed by atoms with E-state index in [4.69, 9.17) is 9.47 Å². The average molecular weight is 364 g/mol. The number of morpholine rings is 2. The van der Waals surface area contributed by atoms with Gasteiger partial charge in [-0.2, -0.15) is 15.0 Å². The Morgan fingerprint density at radius 2 is 1.40 bits per heavy atom. The third kappa shape index (κ3) is 3.94. The van der Waals surface area contributed by atoms with E-state index < -0.39 is 0 Å². The van der Waals surface area contributed by atoms with Gasteiger partial charge in [-0.3, -0.25) is 5.32 Å². The van der Waals surface area contributed by atoms with Crippen molar-refractivity contribution in [2.24, 2.45) is 0 Å². The molecule has 0 amide bonds. The van der Waals surface area contributed by atoms with Crippen molar-refractivity contribution in [3.05, 3.63) is 5.01 Å². The lowest BCUT2D eigenvalue weighted by atomic mass is 10.4. The third-order valence-corrected chi connectivity index (χ3v) is 4.70. The first-order chi connectivity index (χ1) is 12.3. The topological polar surface area (TPSA) is 101 Å². The molecule has 0 spiro atoms. The standard InChI is InChI=1S/C14H20N8O2S/c1-10-19-20-14(25-10)17-11-15-12(21-2-6-23-7-3-21)18-13(16-11)22-4-8-24-9-5-22/h2-9H2,1H3,(H,15,16,17,18,20). The van der Waals surface area contributed by atoms with Crippen molar-refractivity contribution in [3.63, 3.8) is 0 Å². The van der Waals surface area contributed by atoms with Gasteiger partial charge in [-0.15, -0.1) is 10.2 Å². The largest absolute Gasteiger partial charge is 0.378 e. The highest BCUT2D eigenvalue weighted by molar-refractivity contribution is 7.15. The van der Waals surface area contributed by atoms with Crippen molar-refractivity contribution >= 4 is 34.3 Å². The smallest absolute Gasteiger partial charge is 0.235 e. The lowest BCUT2D eigenvalue weighted by molar-refractivity contribution is 0.121. The van der Waals surface area contributed by atoms with Crippen LogP contribution < -0.4 is 15.1 Å². The molecule has 2 aliphatic heterocycles. The summed E-state index contributed by atoms with van der Waals surface area (Å²) in [5.74, 6) is 1.79. The predicted octanol–water partition coefficient (Wildman–Crippen LogP) is 0.448. The van der Waals surface area contributed by atoms with Gasteiger partial charge in [0.05, 0.1) is 26.4 Å². The van der Waals surface area contributed by atoms with E-state index in [1.165, 1.54) is 11.3 Å². The second kappa shape index (κ2) is 7.42. The second-order valence-electron chi connectivity index (χ2n) is 5.71. The molecule has 2 saturated heterocycles. The van der Waals surface area contributed by atoms with Crippen LogP contribution in [0.2, 0.25) is 0 Å². The van der Waals surface area contributed by atoms with Gasteiger partial charge in [0.15, 0.2) is 0 Å². The van der Waals surface area contributed by atoms with E-state index in [9.17, 15) is 0 Å². The Bertz CT molecular complexity index is 678. The Kier molecular flexibility index (Phi) is 4.85. The zero-order chi connectivity index (χ0) is 17.1. The van der Waals surface area contributed by atoms with Crippen molar-refractivity contribution in [3.8, 4) is 0 Å². The fourth-order valence-corrected chi connectivity index (χ4v) is 3.25. The van der Waals surface area contributed by atoms with Gasteiger partial charge in [0.1, 0.15) is 5.01 Å². The molecule has 0 aliphatic carbocycles. The van der Waals surface area contributed by atoms with Gasteiger partial charge in [-0.25, -0.2) is 0 Å². The first kappa shape index (κ1) is 16.4. The summed E-state index contributed by atoms with van der Waals surface area (Å²) in [6.45, 7) is 7.69. The number of aryl methyl sites for hydroxylation is 1. The van der Waals surface area contributed by atoms with Gasteiger partial charge in [0.25, 0.3) is 0 Å². The van der Waals surface area contributed by atoms with Gasteiger partial charge in [0.2, 0.25) is 23.0 Å². The SMILES string of the molecule is Cc1nnc(Nc2nc(N3CCOCC3)nc(N3CCOCC3)n2)s1. The van der Waals surface area contributed by atoms with E-state index in [-0.39, 0.29) is 0 Å². The zero-order valence-electron chi connectivity index (χ0n) is 14.0. The van der Waals surface area contributed by atoms with Gasteiger partial charge >= 0.3 is 0 Å². The maximum Gasteiger partial charge on any atom is 0.235 e. The van der Waals surface area contributed by atoms with Gasteiger partial charge in [0, 0.05) is 26.2 Å². The van der Waals surface area contributed by atoms with Gasteiger partial charge in [-0.1, -0.05) is 11.3 Å². The lowest BCUT2D eigenvalue weighted by Crippen LogP contribution is -2.40. The highest BCUT2D eigenvalue weighted by Crippen LogP contribution is 2.22. The van der Waals surface area contributed by atoms with Crippen LogP contribution in [0.25, 0.3) is 0 Å². The molecule has 11 heteroatoms. The number of hydrogen-bond donors (Lipinski definition) is 1. The van der Waals surface area contributed by atoms with Crippen LogP contribution >= 0.6 is 11.3 Å². The van der Waals surface area contributed by atoms with Crippen molar-refractivity contribution in [2.45, 2.75) is 6.92 Å². The molecule has 2 aliphatic rings. The van der Waals surface area contributed by atoms with E-state index in [0.29, 0.717) is 49.4 Å². The molecule has 0 atom stereocenters. The Morgan fingerprint density at radius 3 is 1.88 bits per heavy atom. The van der Waals surface area contributed by atoms with E-state index in [2.05, 4.69) is 40.3 Å². The quantitative estimate of drug-likeness (QED) is 0.822. The van der Waals surface area contributed by atoms with E-state index in [1.807, 2.05) is 6.92 Å². The third-order valence-electron chi connectivity index (χ3n) is 3.94. The monoisotopic (exact) mass is 364 g/mol. The average Bonchev–Trinajstić information content (AvgIpc) is 3.07. The molecule has 2 fully saturated rings. The summed E-state index contributed by atoms with van der Waals surface area (Å²) in [7, 11) is 0. The molecular formula is C14H20N8O2S. The van der Waals surface area contributed by atoms with Gasteiger partial charge in [-0.05, 0) is 6.92 Å². The Hall–Kier alpha value is -2.11. The summed E-state index contributed by atoms with van der Waals surface area (Å²) >= 11 is 1.46. The molecule has 2 aromatic rings. The van der Waals surface area contributed by atoms with Crippen molar-refractivity contribution in [1.29, 1.82) is 0 Å². The zero-order valence-corrected chi connectivity index (χ0v) is 14.8. The van der Waals surface area contributed by atoms with Crippen LogP contribution in [-0.4, -0.2) is 77.8 Å². The van der Waals surface area contributed by atoms with Crippen LogP contribution in [-0.2, 0) is 9.47 Å². The summed E-state index contributed by atoms with van der Waals surface area (Å²) in [6.07, 6.45) is 0. The van der Waals surface area contributed by atoms with Crippen molar-refractivity contribution in [1.82, 2.24) is 25.1 Å². The fourth-order valence-electron chi connectivity index (χ4n) is 2.66. The first-order valence-corrected chi connectivity index (χ1v) is 9.08. The first-order valence-electron chi connectivity index (χ1n) is 8.26. The van der Waals surface area contributed by atoms with Crippen molar-refractivity contribution < 1.29 is 9.47 Å². The molecule has 1 N–H and O–H groups in total. The van der Waals surface area contributed by atoms with E-state index >= 15 is 0 Å². The number of nitrogens with zero attached hydrogens (tertiary/aromatic N) is 7. The highest BCUT2D eigenvalue weighted by Gasteiger charge is 2.21. The van der Waals surface area contributed by atoms with Crippen LogP contribution in [0.15, 0.2) is 0 Å². The number of anilines is 4. The molecule has 2 aromatic heterocycles. The molecule has 0 aromatic carbocycles. The summed E-state index contributed by atoms with van der Waals surface area (Å²) in [5, 5.41) is 12.8. The molecule has 0 radical (unpaired) electrons. The Morgan fingerprint density at radius 1 is 0.840 bits per heavy atom. The summed E-state index contributed by atoms with van der Waals surface area (Å²) in [6, 6.07) is 0. The number of rotatable bonds is 4. The molecule has 10 nitrogen and oxygen atoms in total. The summed E-state index contributed by atoms with van der Waals surface area (Å²) in [4.78, 5) is 18.1. The molecule has 4 heterocycles. The molecule has 25 heavy (non-hydrogen) atoms. The van der Waals surface area contributed by atoms with Crippen LogP contribution in [0.1, 0.15) is 5.01 Å². The van der Waals surface area contributed by atoms with Crippen LogP contribution in [0.4, 0.5) is 23.0 Å². The molecule has 0 saturated carbocycles. The number of aromatic nitrogens is 5. The van der Waals surface area contributed by atoms with Crippen LogP contribution in [0, 0.1) is 6.92 Å². The predicted molar refractivity (Wildman–Crippen MR) is 93.8 cm³/mol. The molecule has 4 rings (SSSR count). The van der Waals surface area contributed by atoms with Crippen molar-refractivity contribution in [2.75, 3.05) is 67.7 Å². The molecular weight excluding hydrogens is 344 g/mol. The summed E-state index contributed by atoms with van der Waals surface area (Å²) < 4.78 is 10.8.